The Bertz CT molecular complexity index is 968. The Morgan fingerprint density at radius 2 is 1.66 bits per heavy atom. The average molecular weight is 520 g/mol. The molecule has 1 aromatic carbocycles. The van der Waals surface area contributed by atoms with Crippen LogP contribution in [0.15, 0.2) is 18.2 Å². The van der Waals surface area contributed by atoms with Gasteiger partial charge in [0.1, 0.15) is 5.75 Å². The molecular weight excluding hydrogens is 466 g/mol. The molecule has 0 radical (unpaired) electrons. The molecule has 2 saturated carbocycles. The Labute approximate surface area is 231 Å². The van der Waals surface area contributed by atoms with Crippen molar-refractivity contribution in [2.75, 3.05) is 20.1 Å². The highest BCUT2D eigenvalue weighted by Gasteiger charge is 2.50. The molecule has 4 nitrogen and oxygen atoms in total. The lowest BCUT2D eigenvalue weighted by Crippen LogP contribution is -2.61. The first-order valence-electron chi connectivity index (χ1n) is 16.5. The second-order valence-electron chi connectivity index (χ2n) is 14.7. The minimum atomic E-state index is 0.200. The van der Waals surface area contributed by atoms with Gasteiger partial charge >= 0.3 is 0 Å². The first-order valence-corrected chi connectivity index (χ1v) is 16.5. The number of nitrogens with one attached hydrogen (secondary N) is 1. The Morgan fingerprint density at radius 1 is 0.921 bits per heavy atom. The molecule has 3 heterocycles. The number of aromatic hydroxyl groups is 1. The van der Waals surface area contributed by atoms with Crippen molar-refractivity contribution in [3.63, 3.8) is 0 Å². The molecule has 38 heavy (non-hydrogen) atoms. The maximum absolute atomic E-state index is 10.4. The van der Waals surface area contributed by atoms with E-state index < -0.39 is 0 Å². The van der Waals surface area contributed by atoms with E-state index in [1.807, 2.05) is 6.07 Å². The van der Waals surface area contributed by atoms with E-state index in [2.05, 4.69) is 41.2 Å². The standard InChI is InChI=1S/C34H53N3O/c1-23-33-19-26-10-11-31(38)22-32(26)34(23,13-15-36(33)2)12-14-35-27-20-28-8-5-9-29(21-27)37(28)30-17-24-6-3-4-7-25(16-24)18-30/h10-11,22-25,27-30,33,35,38H,3-9,12-21H2,1-2H3/t23-,24-,25+,27?,28-,29+,30?,33+,34+/m0/s1. The monoisotopic (exact) mass is 519 g/mol. The molecule has 2 unspecified atom stereocenters. The van der Waals surface area contributed by atoms with Gasteiger partial charge in [0.2, 0.25) is 0 Å². The van der Waals surface area contributed by atoms with Crippen molar-refractivity contribution >= 4 is 0 Å². The third-order valence-electron chi connectivity index (χ3n) is 12.8. The number of nitrogens with zero attached hydrogens (tertiary/aromatic N) is 2. The van der Waals surface area contributed by atoms with Crippen molar-refractivity contribution in [2.24, 2.45) is 17.8 Å². The van der Waals surface area contributed by atoms with Gasteiger partial charge in [-0.25, -0.2) is 0 Å². The molecule has 0 amide bonds. The van der Waals surface area contributed by atoms with Gasteiger partial charge < -0.3 is 15.3 Å². The topological polar surface area (TPSA) is 38.7 Å². The van der Waals surface area contributed by atoms with Crippen LogP contribution in [0.5, 0.6) is 5.75 Å². The predicted octanol–water partition coefficient (Wildman–Crippen LogP) is 6.25. The number of phenols is 1. The number of fused-ring (bicyclic) bond motifs is 8. The van der Waals surface area contributed by atoms with Crippen molar-refractivity contribution in [2.45, 2.75) is 139 Å². The highest BCUT2D eigenvalue weighted by atomic mass is 16.3. The Morgan fingerprint density at radius 3 is 2.39 bits per heavy atom. The van der Waals surface area contributed by atoms with E-state index in [1.54, 1.807) is 6.42 Å². The molecule has 9 atom stereocenters. The second-order valence-corrected chi connectivity index (χ2v) is 14.7. The Balaban J connectivity index is 1.03. The minimum Gasteiger partial charge on any atom is -0.508 e. The maximum atomic E-state index is 10.4. The highest BCUT2D eigenvalue weighted by molar-refractivity contribution is 5.44. The fourth-order valence-electron chi connectivity index (χ4n) is 10.9. The van der Waals surface area contributed by atoms with E-state index in [1.165, 1.54) is 101 Å². The molecule has 6 bridgehead atoms. The van der Waals surface area contributed by atoms with Crippen LogP contribution in [0.4, 0.5) is 0 Å². The first-order chi connectivity index (χ1) is 18.5. The van der Waals surface area contributed by atoms with E-state index in [-0.39, 0.29) is 5.41 Å². The van der Waals surface area contributed by atoms with Crippen LogP contribution in [0.2, 0.25) is 0 Å². The van der Waals surface area contributed by atoms with Crippen LogP contribution in [0.1, 0.15) is 108 Å². The quantitative estimate of drug-likeness (QED) is 0.482. The molecule has 3 saturated heterocycles. The second kappa shape index (κ2) is 10.4. The number of phenolic OH excluding ortho intramolecular Hbond substituents is 1. The third-order valence-corrected chi connectivity index (χ3v) is 12.8. The first kappa shape index (κ1) is 25.8. The number of hydrogen-bond donors (Lipinski definition) is 2. The molecule has 7 rings (SSSR count). The zero-order valence-corrected chi connectivity index (χ0v) is 24.2. The zero-order valence-electron chi connectivity index (χ0n) is 24.2. The van der Waals surface area contributed by atoms with Crippen molar-refractivity contribution in [3.8, 4) is 5.75 Å². The lowest BCUT2D eigenvalue weighted by Gasteiger charge is -2.56. The summed E-state index contributed by atoms with van der Waals surface area (Å²) < 4.78 is 0. The molecular formula is C34H53N3O. The van der Waals surface area contributed by atoms with Crippen LogP contribution in [-0.2, 0) is 11.8 Å². The molecule has 2 N–H and O–H groups in total. The summed E-state index contributed by atoms with van der Waals surface area (Å²) in [4.78, 5) is 5.71. The van der Waals surface area contributed by atoms with Gasteiger partial charge in [0.25, 0.3) is 0 Å². The molecule has 0 spiro atoms. The lowest BCUT2D eigenvalue weighted by atomic mass is 9.56. The van der Waals surface area contributed by atoms with Gasteiger partial charge in [-0.3, -0.25) is 4.90 Å². The summed E-state index contributed by atoms with van der Waals surface area (Å²) in [5.41, 5.74) is 3.14. The van der Waals surface area contributed by atoms with Crippen molar-refractivity contribution in [1.29, 1.82) is 0 Å². The maximum Gasteiger partial charge on any atom is 0.115 e. The van der Waals surface area contributed by atoms with E-state index in [9.17, 15) is 5.11 Å². The van der Waals surface area contributed by atoms with Gasteiger partial charge in [-0.15, -0.1) is 0 Å². The van der Waals surface area contributed by atoms with Gasteiger partial charge in [0, 0.05) is 35.6 Å². The van der Waals surface area contributed by atoms with Gasteiger partial charge in [0.15, 0.2) is 0 Å². The van der Waals surface area contributed by atoms with Gasteiger partial charge in [-0.1, -0.05) is 45.1 Å². The van der Waals surface area contributed by atoms with Crippen LogP contribution in [-0.4, -0.2) is 65.3 Å². The summed E-state index contributed by atoms with van der Waals surface area (Å²) in [5.74, 6) is 3.13. The van der Waals surface area contributed by atoms with Crippen LogP contribution in [0, 0.1) is 17.8 Å². The van der Waals surface area contributed by atoms with Crippen molar-refractivity contribution < 1.29 is 5.11 Å². The van der Waals surface area contributed by atoms with E-state index in [0.717, 1.165) is 42.9 Å². The summed E-state index contributed by atoms with van der Waals surface area (Å²) in [6, 6.07) is 10.1. The number of likely N-dealkylation sites (N-methyl/N-ethyl adjacent to an activating group) is 1. The van der Waals surface area contributed by atoms with Crippen LogP contribution < -0.4 is 5.32 Å². The van der Waals surface area contributed by atoms with E-state index in [4.69, 9.17) is 0 Å². The average Bonchev–Trinajstić information content (AvgIpc) is 3.07. The summed E-state index contributed by atoms with van der Waals surface area (Å²) in [7, 11) is 2.32. The molecule has 210 valence electrons. The Hall–Kier alpha value is -1.10. The third kappa shape index (κ3) is 4.55. The SMILES string of the molecule is C[C@H]1[C@H]2Cc3ccc(O)cc3[C@]1(CCNC1C[C@H]3CCC[C@@H](C1)N3C1C[C@H]3CCCC[C@@H](C1)C3)CCN2C. The number of hydrogen-bond acceptors (Lipinski definition) is 4. The largest absolute Gasteiger partial charge is 0.508 e. The number of rotatable bonds is 5. The summed E-state index contributed by atoms with van der Waals surface area (Å²) in [5, 5.41) is 14.6. The predicted molar refractivity (Wildman–Crippen MR) is 156 cm³/mol. The van der Waals surface area contributed by atoms with Crippen LogP contribution in [0.25, 0.3) is 0 Å². The number of piperidine rings is 3. The zero-order chi connectivity index (χ0) is 25.9. The smallest absolute Gasteiger partial charge is 0.115 e. The summed E-state index contributed by atoms with van der Waals surface area (Å²) >= 11 is 0. The molecule has 4 heteroatoms. The minimum absolute atomic E-state index is 0.200. The molecule has 1 aromatic rings. The Kier molecular flexibility index (Phi) is 7.06. The molecule has 5 fully saturated rings. The number of likely N-dealkylation sites (tertiary alicyclic amines) is 1. The van der Waals surface area contributed by atoms with E-state index in [0.29, 0.717) is 23.8 Å². The van der Waals surface area contributed by atoms with Gasteiger partial charge in [0.05, 0.1) is 0 Å². The van der Waals surface area contributed by atoms with E-state index >= 15 is 0 Å². The lowest BCUT2D eigenvalue weighted by molar-refractivity contribution is -0.0376. The van der Waals surface area contributed by atoms with Crippen LogP contribution in [0.3, 0.4) is 0 Å². The summed E-state index contributed by atoms with van der Waals surface area (Å²) in [6.45, 7) is 4.79. The fraction of sp³-hybridized carbons (Fsp3) is 0.824. The summed E-state index contributed by atoms with van der Waals surface area (Å²) in [6.07, 6.45) is 21.2. The normalized spacial score (nSPS) is 43.3. The van der Waals surface area contributed by atoms with Gasteiger partial charge in [-0.2, -0.15) is 0 Å². The number of benzene rings is 1. The molecule has 3 aliphatic carbocycles. The van der Waals surface area contributed by atoms with Gasteiger partial charge in [-0.05, 0) is 125 Å². The van der Waals surface area contributed by atoms with Crippen molar-refractivity contribution in [1.82, 2.24) is 15.1 Å². The van der Waals surface area contributed by atoms with Crippen molar-refractivity contribution in [3.05, 3.63) is 29.3 Å². The molecule has 0 aromatic heterocycles. The van der Waals surface area contributed by atoms with Crippen LogP contribution >= 0.6 is 0 Å². The fourth-order valence-corrected chi connectivity index (χ4v) is 10.9. The molecule has 6 aliphatic rings. The highest BCUT2D eigenvalue weighted by Crippen LogP contribution is 2.51. The molecule has 3 aliphatic heterocycles.